The summed E-state index contributed by atoms with van der Waals surface area (Å²) in [5.74, 6) is 1.92. The largest absolute Gasteiger partial charge is 0.309 e. The molecule has 2 aliphatic rings. The third kappa shape index (κ3) is 4.98. The number of hydrogen-bond donors (Lipinski definition) is 0. The topological polar surface area (TPSA) is 43.6 Å². The molecule has 4 nitrogen and oxygen atoms in total. The molecular weight excluding hydrogens is 753 g/mol. The lowest BCUT2D eigenvalue weighted by atomic mass is 9.65. The van der Waals surface area contributed by atoms with Gasteiger partial charge in [0.25, 0.3) is 0 Å². The Balaban J connectivity index is 0.971. The average molecular weight is 789 g/mol. The van der Waals surface area contributed by atoms with Crippen molar-refractivity contribution in [2.24, 2.45) is 0 Å². The molecule has 3 heterocycles. The molecule has 0 atom stereocenters. The van der Waals surface area contributed by atoms with Crippen LogP contribution in [0.4, 0.5) is 0 Å². The van der Waals surface area contributed by atoms with Crippen LogP contribution in [0.2, 0.25) is 0 Å². The summed E-state index contributed by atoms with van der Waals surface area (Å²) in [5, 5.41) is 2.54. The number of benzene rings is 9. The molecule has 0 radical (unpaired) electrons. The van der Waals surface area contributed by atoms with Crippen LogP contribution in [-0.4, -0.2) is 19.5 Å². The van der Waals surface area contributed by atoms with Gasteiger partial charge >= 0.3 is 0 Å². The third-order valence-electron chi connectivity index (χ3n) is 13.1. The van der Waals surface area contributed by atoms with Gasteiger partial charge in [-0.15, -0.1) is 0 Å². The van der Waals surface area contributed by atoms with Crippen molar-refractivity contribution in [1.29, 1.82) is 0 Å². The molecule has 4 heteroatoms. The smallest absolute Gasteiger partial charge is 0.164 e. The maximum Gasteiger partial charge on any atom is 0.164 e. The highest BCUT2D eigenvalue weighted by atomic mass is 15.0. The van der Waals surface area contributed by atoms with E-state index in [-0.39, 0.29) is 0 Å². The van der Waals surface area contributed by atoms with Crippen molar-refractivity contribution < 1.29 is 0 Å². The predicted octanol–water partition coefficient (Wildman–Crippen LogP) is 14.0. The summed E-state index contributed by atoms with van der Waals surface area (Å²) in [6, 6.07) is 78.6. The zero-order valence-electron chi connectivity index (χ0n) is 33.6. The van der Waals surface area contributed by atoms with Gasteiger partial charge in [0.1, 0.15) is 0 Å². The minimum Gasteiger partial charge on any atom is -0.309 e. The summed E-state index contributed by atoms with van der Waals surface area (Å²) >= 11 is 0. The monoisotopic (exact) mass is 788 g/mol. The van der Waals surface area contributed by atoms with Gasteiger partial charge in [0.05, 0.1) is 22.1 Å². The van der Waals surface area contributed by atoms with E-state index < -0.39 is 5.41 Å². The van der Waals surface area contributed by atoms with E-state index in [2.05, 4.69) is 199 Å². The van der Waals surface area contributed by atoms with Crippen LogP contribution >= 0.6 is 0 Å². The lowest BCUT2D eigenvalue weighted by Gasteiger charge is -2.39. The minimum absolute atomic E-state index is 0.470. The molecule has 0 fully saturated rings. The Morgan fingerprint density at radius 3 is 1.50 bits per heavy atom. The van der Waals surface area contributed by atoms with E-state index in [0.717, 1.165) is 38.9 Å². The first kappa shape index (κ1) is 34.6. The molecule has 62 heavy (non-hydrogen) atoms. The molecule has 288 valence electrons. The van der Waals surface area contributed by atoms with E-state index in [4.69, 9.17) is 15.0 Å². The first-order chi connectivity index (χ1) is 30.7. The number of nitrogens with zero attached hydrogens (tertiary/aromatic N) is 4. The van der Waals surface area contributed by atoms with Crippen LogP contribution in [0.3, 0.4) is 0 Å². The van der Waals surface area contributed by atoms with Crippen LogP contribution in [0.25, 0.3) is 95.0 Å². The molecule has 1 spiro atoms. The van der Waals surface area contributed by atoms with Crippen LogP contribution in [0.1, 0.15) is 22.3 Å². The SMILES string of the molecule is c1ccc(-c2cccc(-c3nc(-c4ccccc4)nc(-c4ccc(-c5ccc6c(c5)-n5c7ccccc7c7cccc(c75)C65c6ccccc6-c6ccccc65)cc4)n3)c2)cc1. The van der Waals surface area contributed by atoms with E-state index in [9.17, 15) is 0 Å². The molecule has 0 saturated heterocycles. The van der Waals surface area contributed by atoms with Crippen molar-refractivity contribution >= 4 is 21.8 Å². The lowest BCUT2D eigenvalue weighted by molar-refractivity contribution is 0.748. The summed E-state index contributed by atoms with van der Waals surface area (Å²) in [7, 11) is 0. The van der Waals surface area contributed by atoms with E-state index in [1.54, 1.807) is 0 Å². The van der Waals surface area contributed by atoms with Gasteiger partial charge in [-0.2, -0.15) is 0 Å². The van der Waals surface area contributed by atoms with E-state index in [0.29, 0.717) is 17.5 Å². The fraction of sp³-hybridized carbons (Fsp3) is 0.0172. The van der Waals surface area contributed by atoms with Crippen molar-refractivity contribution in [1.82, 2.24) is 19.5 Å². The predicted molar refractivity (Wildman–Crippen MR) is 252 cm³/mol. The molecular formula is C58H36N4. The molecule has 0 saturated carbocycles. The van der Waals surface area contributed by atoms with E-state index >= 15 is 0 Å². The standard InChI is InChI=1S/C58H36N4/c1-3-15-37(16-4-1)41-19-13-20-43(35-41)57-60-55(39-17-5-2-6-18-39)59-56(61-57)40-31-29-38(30-32-40)42-33-34-50-53(36-42)62-52-28-12-9-23-46(52)47-24-14-27-51(54(47)62)58(50)48-25-10-7-21-44(48)45-22-8-11-26-49(45)58/h1-36H. The quantitative estimate of drug-likeness (QED) is 0.174. The number of aromatic nitrogens is 4. The van der Waals surface area contributed by atoms with Gasteiger partial charge in [0, 0.05) is 27.5 Å². The molecule has 0 N–H and O–H groups in total. The summed E-state index contributed by atoms with van der Waals surface area (Å²) in [6.07, 6.45) is 0. The number of para-hydroxylation sites is 2. The van der Waals surface area contributed by atoms with Crippen LogP contribution in [0.5, 0.6) is 0 Å². The van der Waals surface area contributed by atoms with Crippen LogP contribution in [-0.2, 0) is 5.41 Å². The Bertz CT molecular complexity index is 3520. The lowest BCUT2D eigenvalue weighted by Crippen LogP contribution is -2.33. The molecule has 0 unspecified atom stereocenters. The molecule has 11 aromatic rings. The Labute approximate surface area is 359 Å². The number of hydrogen-bond acceptors (Lipinski definition) is 3. The Hall–Kier alpha value is -8.21. The molecule has 0 amide bonds. The Morgan fingerprint density at radius 2 is 0.774 bits per heavy atom. The van der Waals surface area contributed by atoms with Gasteiger partial charge in [0.15, 0.2) is 17.5 Å². The maximum atomic E-state index is 5.11. The normalized spacial score (nSPS) is 13.0. The van der Waals surface area contributed by atoms with Crippen molar-refractivity contribution in [2.45, 2.75) is 5.41 Å². The second-order valence-corrected chi connectivity index (χ2v) is 16.3. The van der Waals surface area contributed by atoms with E-state index in [1.165, 1.54) is 60.9 Å². The van der Waals surface area contributed by atoms with Gasteiger partial charge in [-0.3, -0.25) is 0 Å². The zero-order valence-corrected chi connectivity index (χ0v) is 33.6. The van der Waals surface area contributed by atoms with Crippen molar-refractivity contribution in [2.75, 3.05) is 0 Å². The first-order valence-electron chi connectivity index (χ1n) is 21.2. The minimum atomic E-state index is -0.470. The Kier molecular flexibility index (Phi) is 7.49. The Morgan fingerprint density at radius 1 is 0.306 bits per heavy atom. The summed E-state index contributed by atoms with van der Waals surface area (Å²) in [5.41, 5.74) is 18.5. The molecule has 1 aliphatic carbocycles. The molecule has 1 aliphatic heterocycles. The van der Waals surface area contributed by atoms with Gasteiger partial charge in [-0.1, -0.05) is 200 Å². The molecule has 13 rings (SSSR count). The van der Waals surface area contributed by atoms with Crippen LogP contribution in [0, 0.1) is 0 Å². The highest BCUT2D eigenvalue weighted by Gasteiger charge is 2.50. The van der Waals surface area contributed by atoms with Crippen molar-refractivity contribution in [3.63, 3.8) is 0 Å². The summed E-state index contributed by atoms with van der Waals surface area (Å²) in [4.78, 5) is 15.2. The molecule has 9 aromatic carbocycles. The second-order valence-electron chi connectivity index (χ2n) is 16.3. The first-order valence-corrected chi connectivity index (χ1v) is 21.2. The van der Waals surface area contributed by atoms with Gasteiger partial charge < -0.3 is 4.57 Å². The average Bonchev–Trinajstić information content (AvgIpc) is 3.85. The molecule has 0 bridgehead atoms. The highest BCUT2D eigenvalue weighted by molar-refractivity contribution is 6.13. The van der Waals surface area contributed by atoms with Crippen molar-refractivity contribution in [3.05, 3.63) is 241 Å². The van der Waals surface area contributed by atoms with Gasteiger partial charge in [0.2, 0.25) is 0 Å². The third-order valence-corrected chi connectivity index (χ3v) is 13.1. The molecule has 2 aromatic heterocycles. The van der Waals surface area contributed by atoms with E-state index in [1.807, 2.05) is 24.3 Å². The maximum absolute atomic E-state index is 5.11. The highest BCUT2D eigenvalue weighted by Crippen LogP contribution is 2.61. The van der Waals surface area contributed by atoms with Gasteiger partial charge in [-0.05, 0) is 73.8 Å². The number of rotatable bonds is 5. The zero-order chi connectivity index (χ0) is 40.8. The summed E-state index contributed by atoms with van der Waals surface area (Å²) in [6.45, 7) is 0. The second kappa shape index (κ2) is 13.4. The fourth-order valence-corrected chi connectivity index (χ4v) is 10.4. The summed E-state index contributed by atoms with van der Waals surface area (Å²) < 4.78 is 2.52. The van der Waals surface area contributed by atoms with Gasteiger partial charge in [-0.25, -0.2) is 15.0 Å². The number of fused-ring (bicyclic) bond motifs is 12. The van der Waals surface area contributed by atoms with Crippen LogP contribution in [0.15, 0.2) is 218 Å². The van der Waals surface area contributed by atoms with Crippen LogP contribution < -0.4 is 0 Å². The fourth-order valence-electron chi connectivity index (χ4n) is 10.4. The van der Waals surface area contributed by atoms with Crippen molar-refractivity contribution in [3.8, 4) is 73.2 Å².